The molecule has 0 saturated heterocycles. The molecule has 0 fully saturated rings. The lowest BCUT2D eigenvalue weighted by Gasteiger charge is -2.14. The number of hydrogen-bond acceptors (Lipinski definition) is 4. The van der Waals surface area contributed by atoms with Crippen LogP contribution >= 0.6 is 0 Å². The van der Waals surface area contributed by atoms with Crippen LogP contribution < -0.4 is 5.56 Å². The topological polar surface area (TPSA) is 89.8 Å². The van der Waals surface area contributed by atoms with Gasteiger partial charge in [0, 0.05) is 13.1 Å². The van der Waals surface area contributed by atoms with Gasteiger partial charge in [-0.15, -0.1) is 0 Å². The number of aromatic nitrogens is 2. The molecule has 0 unspecified atom stereocenters. The van der Waals surface area contributed by atoms with Crippen molar-refractivity contribution in [2.45, 2.75) is 6.54 Å². The Bertz CT molecular complexity index is 1090. The number of hydrogen-bond donors (Lipinski definition) is 1. The van der Waals surface area contributed by atoms with Crippen LogP contribution in [-0.2, 0) is 11.3 Å². The zero-order valence-electron chi connectivity index (χ0n) is 14.1. The molecule has 6 nitrogen and oxygen atoms in total. The lowest BCUT2D eigenvalue weighted by Crippen LogP contribution is -2.26. The molecule has 1 N–H and O–H groups in total. The molecule has 1 aromatic heterocycles. The number of carbonyl (C=O) groups is 1. The van der Waals surface area contributed by atoms with Crippen LogP contribution in [0.4, 0.5) is 0 Å². The number of para-hydroxylation sites is 1. The minimum Gasteiger partial charge on any atom is -0.335 e. The van der Waals surface area contributed by atoms with Gasteiger partial charge in [-0.05, 0) is 29.8 Å². The van der Waals surface area contributed by atoms with Gasteiger partial charge in [0.15, 0.2) is 0 Å². The van der Waals surface area contributed by atoms with Crippen molar-refractivity contribution < 1.29 is 4.79 Å². The van der Waals surface area contributed by atoms with E-state index in [1.807, 2.05) is 6.07 Å². The largest absolute Gasteiger partial charge is 0.335 e. The normalized spacial score (nSPS) is 10.8. The summed E-state index contributed by atoms with van der Waals surface area (Å²) in [6.45, 7) is 0.170. The van der Waals surface area contributed by atoms with E-state index in [1.54, 1.807) is 55.6 Å². The van der Waals surface area contributed by atoms with E-state index in [2.05, 4.69) is 16.0 Å². The number of likely N-dealkylation sites (N-methyl/N-ethyl adjacent to an activating group) is 1. The minimum atomic E-state index is -0.256. The number of rotatable bonds is 4. The first-order valence-electron chi connectivity index (χ1n) is 7.99. The Labute approximate surface area is 150 Å². The lowest BCUT2D eigenvalue weighted by atomic mass is 10.1. The Morgan fingerprint density at radius 2 is 1.96 bits per heavy atom. The third-order valence-electron chi connectivity index (χ3n) is 3.91. The molecule has 1 amide bonds. The van der Waals surface area contributed by atoms with Crippen LogP contribution in [0.5, 0.6) is 0 Å². The second kappa shape index (κ2) is 7.45. The maximum atomic E-state index is 12.3. The molecule has 0 spiro atoms. The molecule has 0 bridgehead atoms. The van der Waals surface area contributed by atoms with Crippen LogP contribution in [0.1, 0.15) is 17.0 Å². The van der Waals surface area contributed by atoms with Crippen molar-refractivity contribution in [1.29, 1.82) is 5.26 Å². The molecule has 26 heavy (non-hydrogen) atoms. The van der Waals surface area contributed by atoms with Crippen molar-refractivity contribution in [2.24, 2.45) is 0 Å². The second-order valence-corrected chi connectivity index (χ2v) is 5.76. The number of carbonyl (C=O) groups excluding carboxylic acids is 1. The molecule has 3 aromatic rings. The zero-order valence-corrected chi connectivity index (χ0v) is 14.1. The van der Waals surface area contributed by atoms with Gasteiger partial charge < -0.3 is 9.88 Å². The molecule has 128 valence electrons. The molecule has 0 aliphatic heterocycles. The van der Waals surface area contributed by atoms with Crippen molar-refractivity contribution in [1.82, 2.24) is 14.9 Å². The average molecular weight is 344 g/mol. The zero-order chi connectivity index (χ0) is 18.5. The Morgan fingerprint density at radius 3 is 2.77 bits per heavy atom. The van der Waals surface area contributed by atoms with Crippen molar-refractivity contribution in [2.75, 3.05) is 7.05 Å². The van der Waals surface area contributed by atoms with Crippen molar-refractivity contribution in [3.05, 3.63) is 81.9 Å². The quantitative estimate of drug-likeness (QED) is 0.736. The van der Waals surface area contributed by atoms with E-state index in [0.717, 1.165) is 0 Å². The van der Waals surface area contributed by atoms with Gasteiger partial charge in [-0.3, -0.25) is 9.59 Å². The van der Waals surface area contributed by atoms with Gasteiger partial charge in [0.1, 0.15) is 5.82 Å². The van der Waals surface area contributed by atoms with E-state index in [0.29, 0.717) is 27.9 Å². The summed E-state index contributed by atoms with van der Waals surface area (Å²) in [5.74, 6) is 0.156. The first kappa shape index (κ1) is 17.1. The van der Waals surface area contributed by atoms with E-state index in [-0.39, 0.29) is 18.0 Å². The summed E-state index contributed by atoms with van der Waals surface area (Å²) in [6, 6.07) is 16.2. The van der Waals surface area contributed by atoms with Gasteiger partial charge in [-0.25, -0.2) is 4.98 Å². The standard InChI is InChI=1S/C20H16N4O2/c1-24(19(25)11-10-14-6-2-3-7-15(14)12-21)13-18-22-17-9-5-4-8-16(17)20(26)23-18/h2-11H,13H2,1H3,(H,22,23,26). The SMILES string of the molecule is CN(Cc1nc2ccccc2c(=O)[nH]1)C(=O)C=Cc1ccccc1C#N. The molecule has 6 heteroatoms. The van der Waals surface area contributed by atoms with Crippen LogP contribution in [0.3, 0.4) is 0 Å². The van der Waals surface area contributed by atoms with E-state index in [1.165, 1.54) is 11.0 Å². The van der Waals surface area contributed by atoms with Crippen molar-refractivity contribution >= 4 is 22.9 Å². The van der Waals surface area contributed by atoms with E-state index in [9.17, 15) is 9.59 Å². The van der Waals surface area contributed by atoms with Crippen LogP contribution in [0.2, 0.25) is 0 Å². The van der Waals surface area contributed by atoms with Crippen LogP contribution in [0, 0.1) is 11.3 Å². The highest BCUT2D eigenvalue weighted by molar-refractivity contribution is 5.92. The number of nitrogens with zero attached hydrogens (tertiary/aromatic N) is 3. The third kappa shape index (κ3) is 3.68. The summed E-state index contributed by atoms with van der Waals surface area (Å²) >= 11 is 0. The number of fused-ring (bicyclic) bond motifs is 1. The summed E-state index contributed by atoms with van der Waals surface area (Å²) in [4.78, 5) is 32.9. The third-order valence-corrected chi connectivity index (χ3v) is 3.91. The molecule has 3 rings (SSSR count). The number of nitrogens with one attached hydrogen (secondary N) is 1. The minimum absolute atomic E-state index is 0.170. The van der Waals surface area contributed by atoms with Gasteiger partial charge in [0.05, 0.1) is 29.1 Å². The Balaban J connectivity index is 1.76. The fraction of sp³-hybridized carbons (Fsp3) is 0.100. The van der Waals surface area contributed by atoms with E-state index < -0.39 is 0 Å². The number of benzene rings is 2. The lowest BCUT2D eigenvalue weighted by molar-refractivity contribution is -0.125. The first-order valence-corrected chi connectivity index (χ1v) is 7.99. The highest BCUT2D eigenvalue weighted by Crippen LogP contribution is 2.10. The molecule has 0 atom stereocenters. The van der Waals surface area contributed by atoms with Crippen molar-refractivity contribution in [3.63, 3.8) is 0 Å². The summed E-state index contributed by atoms with van der Waals surface area (Å²) in [5.41, 5.74) is 1.53. The predicted octanol–water partition coefficient (Wildman–Crippen LogP) is 2.47. The highest BCUT2D eigenvalue weighted by Gasteiger charge is 2.10. The molecule has 1 heterocycles. The molecular formula is C20H16N4O2. The van der Waals surface area contributed by atoms with Gasteiger partial charge in [0.25, 0.3) is 5.56 Å². The highest BCUT2D eigenvalue weighted by atomic mass is 16.2. The Hall–Kier alpha value is -3.72. The molecule has 0 aliphatic carbocycles. The van der Waals surface area contributed by atoms with Gasteiger partial charge >= 0.3 is 0 Å². The van der Waals surface area contributed by atoms with Gasteiger partial charge in [0.2, 0.25) is 5.91 Å². The number of aromatic amines is 1. The second-order valence-electron chi connectivity index (χ2n) is 5.76. The van der Waals surface area contributed by atoms with E-state index in [4.69, 9.17) is 5.26 Å². The van der Waals surface area contributed by atoms with Crippen LogP contribution in [0.15, 0.2) is 59.4 Å². The van der Waals surface area contributed by atoms with Crippen molar-refractivity contribution in [3.8, 4) is 6.07 Å². The monoisotopic (exact) mass is 344 g/mol. The summed E-state index contributed by atoms with van der Waals surface area (Å²) in [7, 11) is 1.62. The summed E-state index contributed by atoms with van der Waals surface area (Å²) in [6.07, 6.45) is 3.00. The molecule has 2 aromatic carbocycles. The molecular weight excluding hydrogens is 328 g/mol. The van der Waals surface area contributed by atoms with Crippen LogP contribution in [-0.4, -0.2) is 27.8 Å². The average Bonchev–Trinajstić information content (AvgIpc) is 2.66. The fourth-order valence-electron chi connectivity index (χ4n) is 2.54. The van der Waals surface area contributed by atoms with Gasteiger partial charge in [-0.1, -0.05) is 30.3 Å². The maximum Gasteiger partial charge on any atom is 0.258 e. The maximum absolute atomic E-state index is 12.3. The fourth-order valence-corrected chi connectivity index (χ4v) is 2.54. The molecule has 0 aliphatic rings. The van der Waals surface area contributed by atoms with Gasteiger partial charge in [-0.2, -0.15) is 5.26 Å². The van der Waals surface area contributed by atoms with Crippen LogP contribution in [0.25, 0.3) is 17.0 Å². The smallest absolute Gasteiger partial charge is 0.258 e. The van der Waals surface area contributed by atoms with E-state index >= 15 is 0 Å². The number of amides is 1. The molecule has 0 radical (unpaired) electrons. The summed E-state index contributed by atoms with van der Waals surface area (Å²) in [5, 5.41) is 9.59. The predicted molar refractivity (Wildman–Crippen MR) is 99.0 cm³/mol. The summed E-state index contributed by atoms with van der Waals surface area (Å²) < 4.78 is 0. The molecule has 0 saturated carbocycles. The number of nitriles is 1. The Morgan fingerprint density at radius 1 is 1.23 bits per heavy atom. The Kier molecular flexibility index (Phi) is 4.90. The number of H-pyrrole nitrogens is 1. The first-order chi connectivity index (χ1) is 12.6.